The summed E-state index contributed by atoms with van der Waals surface area (Å²) in [7, 11) is 3.41. The first kappa shape index (κ1) is 16.8. The van der Waals surface area contributed by atoms with Crippen molar-refractivity contribution in [1.82, 2.24) is 10.6 Å². The smallest absolute Gasteiger partial charge is 0.0928 e. The Hall–Kier alpha value is -0.160. The van der Waals surface area contributed by atoms with Crippen LogP contribution in [0.2, 0.25) is 0 Å². The van der Waals surface area contributed by atoms with Crippen molar-refractivity contribution in [3.05, 3.63) is 0 Å². The van der Waals surface area contributed by atoms with E-state index in [1.165, 1.54) is 0 Å². The minimum atomic E-state index is 0.127. The summed E-state index contributed by atoms with van der Waals surface area (Å²) in [5, 5.41) is 7.00. The van der Waals surface area contributed by atoms with Gasteiger partial charge in [-0.2, -0.15) is 0 Å². The highest BCUT2D eigenvalue weighted by Crippen LogP contribution is 2.06. The molecule has 0 aromatic rings. The highest BCUT2D eigenvalue weighted by atomic mass is 16.5. The number of rotatable bonds is 10. The number of ether oxygens (including phenoxy) is 2. The largest absolute Gasteiger partial charge is 0.382 e. The lowest BCUT2D eigenvalue weighted by Gasteiger charge is -2.27. The van der Waals surface area contributed by atoms with Crippen molar-refractivity contribution < 1.29 is 9.47 Å². The van der Waals surface area contributed by atoms with E-state index in [9.17, 15) is 0 Å². The van der Waals surface area contributed by atoms with Gasteiger partial charge in [0.15, 0.2) is 0 Å². The van der Waals surface area contributed by atoms with Gasteiger partial charge in [0.05, 0.1) is 12.7 Å². The van der Waals surface area contributed by atoms with E-state index in [1.54, 1.807) is 14.2 Å². The third-order valence-electron chi connectivity index (χ3n) is 3.15. The highest BCUT2D eigenvalue weighted by Gasteiger charge is 2.15. The maximum Gasteiger partial charge on any atom is 0.0928 e. The highest BCUT2D eigenvalue weighted by molar-refractivity contribution is 4.78. The number of nitrogens with one attached hydrogen (secondary N) is 2. The maximum atomic E-state index is 5.30. The zero-order chi connectivity index (χ0) is 13.3. The lowest BCUT2D eigenvalue weighted by Crippen LogP contribution is -2.47. The van der Waals surface area contributed by atoms with Gasteiger partial charge >= 0.3 is 0 Å². The molecule has 0 heterocycles. The van der Waals surface area contributed by atoms with Crippen LogP contribution in [0.25, 0.3) is 0 Å². The van der Waals surface area contributed by atoms with E-state index >= 15 is 0 Å². The molecule has 0 aromatic carbocycles. The van der Waals surface area contributed by atoms with Gasteiger partial charge < -0.3 is 20.1 Å². The van der Waals surface area contributed by atoms with Crippen LogP contribution in [0.1, 0.15) is 34.1 Å². The third kappa shape index (κ3) is 8.55. The van der Waals surface area contributed by atoms with Gasteiger partial charge in [-0.1, -0.05) is 6.92 Å². The van der Waals surface area contributed by atoms with E-state index in [4.69, 9.17) is 9.47 Å². The molecule has 0 amide bonds. The molecular weight excluding hydrogens is 216 g/mol. The topological polar surface area (TPSA) is 42.5 Å². The van der Waals surface area contributed by atoms with Gasteiger partial charge in [0, 0.05) is 38.9 Å². The van der Waals surface area contributed by atoms with Crippen molar-refractivity contribution in [2.45, 2.75) is 51.8 Å². The van der Waals surface area contributed by atoms with Crippen LogP contribution in [-0.2, 0) is 9.47 Å². The van der Waals surface area contributed by atoms with E-state index in [0.29, 0.717) is 12.6 Å². The molecule has 0 bridgehead atoms. The summed E-state index contributed by atoms with van der Waals surface area (Å²) in [4.78, 5) is 0. The van der Waals surface area contributed by atoms with Crippen molar-refractivity contribution in [1.29, 1.82) is 0 Å². The maximum absolute atomic E-state index is 5.30. The van der Waals surface area contributed by atoms with E-state index in [2.05, 4.69) is 38.3 Å². The van der Waals surface area contributed by atoms with E-state index in [1.807, 2.05) is 0 Å². The molecule has 4 heteroatoms. The molecule has 2 unspecified atom stereocenters. The number of hydrogen-bond acceptors (Lipinski definition) is 4. The molecule has 0 saturated heterocycles. The van der Waals surface area contributed by atoms with Crippen molar-refractivity contribution in [3.8, 4) is 0 Å². The van der Waals surface area contributed by atoms with Gasteiger partial charge in [-0.3, -0.25) is 0 Å². The van der Waals surface area contributed by atoms with Crippen LogP contribution in [-0.4, -0.2) is 51.6 Å². The van der Waals surface area contributed by atoms with Crippen LogP contribution in [0.3, 0.4) is 0 Å². The summed E-state index contributed by atoms with van der Waals surface area (Å²) in [6, 6.07) is 0.426. The van der Waals surface area contributed by atoms with Crippen LogP contribution in [0.4, 0.5) is 0 Å². The normalized spacial score (nSPS) is 15.9. The fourth-order valence-electron chi connectivity index (χ4n) is 1.36. The molecule has 0 aliphatic rings. The Morgan fingerprint density at radius 1 is 1.18 bits per heavy atom. The Bertz CT molecular complexity index is 186. The molecule has 0 radical (unpaired) electrons. The summed E-state index contributed by atoms with van der Waals surface area (Å²) < 4.78 is 10.4. The van der Waals surface area contributed by atoms with Crippen LogP contribution in [0.15, 0.2) is 0 Å². The molecule has 2 N–H and O–H groups in total. The van der Waals surface area contributed by atoms with Gasteiger partial charge in [0.2, 0.25) is 0 Å². The van der Waals surface area contributed by atoms with Gasteiger partial charge in [-0.25, -0.2) is 0 Å². The molecule has 0 aromatic heterocycles. The predicted molar refractivity (Wildman–Crippen MR) is 72.5 cm³/mol. The average Bonchev–Trinajstić information content (AvgIpc) is 2.32. The van der Waals surface area contributed by atoms with Gasteiger partial charge in [-0.15, -0.1) is 0 Å². The fraction of sp³-hybridized carbons (Fsp3) is 1.00. The molecule has 104 valence electrons. The molecule has 2 atom stereocenters. The first-order chi connectivity index (χ1) is 7.95. The molecular formula is C13H30N2O2. The second kappa shape index (κ2) is 8.86. The average molecular weight is 246 g/mol. The number of hydrogen-bond donors (Lipinski definition) is 2. The molecule has 0 spiro atoms. The SMILES string of the molecule is CCC(C)(C)NCC(C)NCC(COC)OC. The van der Waals surface area contributed by atoms with E-state index < -0.39 is 0 Å². The summed E-state index contributed by atoms with van der Waals surface area (Å²) >= 11 is 0. The lowest BCUT2D eigenvalue weighted by atomic mass is 10.0. The molecule has 4 nitrogen and oxygen atoms in total. The van der Waals surface area contributed by atoms with Crippen LogP contribution in [0, 0.1) is 0 Å². The third-order valence-corrected chi connectivity index (χ3v) is 3.15. The first-order valence-electron chi connectivity index (χ1n) is 6.45. The van der Waals surface area contributed by atoms with Crippen LogP contribution in [0.5, 0.6) is 0 Å². The Kier molecular flexibility index (Phi) is 8.78. The summed E-state index contributed by atoms with van der Waals surface area (Å²) in [5.74, 6) is 0. The fourth-order valence-corrected chi connectivity index (χ4v) is 1.36. The second-order valence-electron chi connectivity index (χ2n) is 5.24. The summed E-state index contributed by atoms with van der Waals surface area (Å²) in [5.41, 5.74) is 0.211. The summed E-state index contributed by atoms with van der Waals surface area (Å²) in [6.45, 7) is 11.2. The zero-order valence-corrected chi connectivity index (χ0v) is 12.3. The second-order valence-corrected chi connectivity index (χ2v) is 5.24. The monoisotopic (exact) mass is 246 g/mol. The molecule has 0 aliphatic carbocycles. The Morgan fingerprint density at radius 2 is 1.82 bits per heavy atom. The Balaban J connectivity index is 3.75. The Labute approximate surface area is 106 Å². The summed E-state index contributed by atoms with van der Waals surface area (Å²) in [6.07, 6.45) is 1.26. The van der Waals surface area contributed by atoms with Crippen molar-refractivity contribution in [2.75, 3.05) is 33.9 Å². The van der Waals surface area contributed by atoms with E-state index in [-0.39, 0.29) is 11.6 Å². The molecule has 17 heavy (non-hydrogen) atoms. The van der Waals surface area contributed by atoms with Crippen LogP contribution < -0.4 is 10.6 Å². The standard InChI is InChI=1S/C13H30N2O2/c1-7-13(3,4)15-8-11(2)14-9-12(17-6)10-16-5/h11-12,14-15H,7-10H2,1-6H3. The zero-order valence-electron chi connectivity index (χ0n) is 12.3. The quantitative estimate of drug-likeness (QED) is 0.611. The molecule has 0 saturated carbocycles. The predicted octanol–water partition coefficient (Wildman–Crippen LogP) is 1.40. The minimum Gasteiger partial charge on any atom is -0.382 e. The van der Waals surface area contributed by atoms with Gasteiger partial charge in [0.1, 0.15) is 0 Å². The first-order valence-corrected chi connectivity index (χ1v) is 6.45. The van der Waals surface area contributed by atoms with Crippen molar-refractivity contribution >= 4 is 0 Å². The lowest BCUT2D eigenvalue weighted by molar-refractivity contribution is 0.0275. The van der Waals surface area contributed by atoms with Crippen LogP contribution >= 0.6 is 0 Å². The molecule has 0 rings (SSSR count). The molecule has 0 fully saturated rings. The van der Waals surface area contributed by atoms with E-state index in [0.717, 1.165) is 19.5 Å². The van der Waals surface area contributed by atoms with Crippen molar-refractivity contribution in [3.63, 3.8) is 0 Å². The van der Waals surface area contributed by atoms with Gasteiger partial charge in [-0.05, 0) is 27.2 Å². The van der Waals surface area contributed by atoms with Crippen molar-refractivity contribution in [2.24, 2.45) is 0 Å². The minimum absolute atomic E-state index is 0.127. The number of methoxy groups -OCH3 is 2. The Morgan fingerprint density at radius 3 is 2.29 bits per heavy atom. The van der Waals surface area contributed by atoms with Gasteiger partial charge in [0.25, 0.3) is 0 Å². The molecule has 0 aliphatic heterocycles.